The molecule has 0 heterocycles. The molecule has 0 aliphatic heterocycles. The van der Waals surface area contributed by atoms with E-state index in [2.05, 4.69) is 4.99 Å². The molecule has 0 rings (SSSR count). The van der Waals surface area contributed by atoms with Gasteiger partial charge in [-0.1, -0.05) is 0 Å². The highest BCUT2D eigenvalue weighted by molar-refractivity contribution is 5.73. The number of hydrogen-bond acceptors (Lipinski definition) is 3. The van der Waals surface area contributed by atoms with E-state index in [0.29, 0.717) is 11.6 Å². The van der Waals surface area contributed by atoms with Crippen molar-refractivity contribution in [1.29, 1.82) is 0 Å². The van der Waals surface area contributed by atoms with Crippen molar-refractivity contribution in [2.24, 2.45) is 10.7 Å². The van der Waals surface area contributed by atoms with E-state index < -0.39 is 0 Å². The van der Waals surface area contributed by atoms with E-state index in [1.165, 1.54) is 0 Å². The van der Waals surface area contributed by atoms with Gasteiger partial charge in [-0.05, 0) is 6.92 Å². The number of allylic oxidation sites excluding steroid dienone is 1. The highest BCUT2D eigenvalue weighted by Gasteiger charge is 1.80. The predicted molar refractivity (Wildman–Crippen MR) is 38.1 cm³/mol. The molecule has 0 saturated heterocycles. The molecule has 0 amide bonds. The summed E-state index contributed by atoms with van der Waals surface area (Å²) >= 11 is 0. The number of methoxy groups -OCH3 is 1. The second kappa shape index (κ2) is 3.95. The maximum atomic E-state index is 5.29. The van der Waals surface area contributed by atoms with Crippen molar-refractivity contribution in [2.45, 2.75) is 13.8 Å². The van der Waals surface area contributed by atoms with Crippen LogP contribution in [-0.2, 0) is 4.74 Å². The Labute approximate surface area is 55.2 Å². The second-order valence-electron chi connectivity index (χ2n) is 1.73. The van der Waals surface area contributed by atoms with Crippen molar-refractivity contribution >= 4 is 5.90 Å². The summed E-state index contributed by atoms with van der Waals surface area (Å²) in [5.74, 6) is 0.611. The van der Waals surface area contributed by atoms with Crippen molar-refractivity contribution < 1.29 is 4.74 Å². The Hall–Kier alpha value is -0.990. The molecule has 0 unspecified atom stereocenters. The van der Waals surface area contributed by atoms with Crippen LogP contribution < -0.4 is 5.73 Å². The molecule has 0 saturated carbocycles. The first kappa shape index (κ1) is 8.01. The van der Waals surface area contributed by atoms with Crippen molar-refractivity contribution in [2.75, 3.05) is 7.11 Å². The molecule has 0 aromatic rings. The van der Waals surface area contributed by atoms with Crippen LogP contribution in [0.2, 0.25) is 0 Å². The average molecular weight is 128 g/mol. The fourth-order valence-electron chi connectivity index (χ4n) is 0.245. The van der Waals surface area contributed by atoms with Crippen LogP contribution in [0, 0.1) is 0 Å². The summed E-state index contributed by atoms with van der Waals surface area (Å²) in [7, 11) is 1.57. The molecule has 52 valence electrons. The summed E-state index contributed by atoms with van der Waals surface area (Å²) in [5, 5.41) is 0. The Morgan fingerprint density at radius 3 is 2.44 bits per heavy atom. The molecule has 0 bridgehead atoms. The Bertz CT molecular complexity index is 134. The van der Waals surface area contributed by atoms with Crippen LogP contribution in [0.3, 0.4) is 0 Å². The van der Waals surface area contributed by atoms with Gasteiger partial charge in [-0.3, -0.25) is 0 Å². The molecule has 2 N–H and O–H groups in total. The van der Waals surface area contributed by atoms with Crippen molar-refractivity contribution in [3.05, 3.63) is 11.9 Å². The topological polar surface area (TPSA) is 47.6 Å². The highest BCUT2D eigenvalue weighted by Crippen LogP contribution is 1.83. The smallest absolute Gasteiger partial charge is 0.184 e. The zero-order valence-electron chi connectivity index (χ0n) is 6.01. The molecule has 0 aliphatic carbocycles. The van der Waals surface area contributed by atoms with E-state index >= 15 is 0 Å². The van der Waals surface area contributed by atoms with E-state index in [4.69, 9.17) is 10.5 Å². The third-order valence-electron chi connectivity index (χ3n) is 0.745. The van der Waals surface area contributed by atoms with Crippen molar-refractivity contribution in [3.63, 3.8) is 0 Å². The van der Waals surface area contributed by atoms with Crippen LogP contribution in [0.4, 0.5) is 0 Å². The Kier molecular flexibility index (Phi) is 3.51. The van der Waals surface area contributed by atoms with Gasteiger partial charge in [-0.2, -0.15) is 0 Å². The highest BCUT2D eigenvalue weighted by atomic mass is 16.5. The number of ether oxygens (including phenoxy) is 1. The predicted octanol–water partition coefficient (Wildman–Crippen LogP) is 0.871. The maximum absolute atomic E-state index is 5.29. The molecule has 3 heteroatoms. The quantitative estimate of drug-likeness (QED) is 0.420. The number of nitrogens with zero attached hydrogens (tertiary/aromatic N) is 1. The van der Waals surface area contributed by atoms with Gasteiger partial charge in [0.2, 0.25) is 0 Å². The zero-order chi connectivity index (χ0) is 7.28. The molecule has 3 nitrogen and oxygen atoms in total. The number of hydrogen-bond donors (Lipinski definition) is 1. The number of aliphatic imine (C=N–C) groups is 1. The fraction of sp³-hybridized carbons (Fsp3) is 0.500. The van der Waals surface area contributed by atoms with Crippen LogP contribution in [0.1, 0.15) is 13.8 Å². The molecule has 0 spiro atoms. The molecule has 0 aromatic carbocycles. The van der Waals surface area contributed by atoms with Gasteiger partial charge in [0.15, 0.2) is 5.90 Å². The van der Waals surface area contributed by atoms with E-state index in [1.807, 2.05) is 0 Å². The summed E-state index contributed by atoms with van der Waals surface area (Å²) in [6.07, 6.45) is 1.55. The molecule has 0 atom stereocenters. The molecule has 0 aliphatic rings. The minimum absolute atomic E-state index is 0.611. The number of nitrogens with two attached hydrogens (primary N) is 1. The lowest BCUT2D eigenvalue weighted by molar-refractivity contribution is 0.400. The largest absolute Gasteiger partial charge is 0.484 e. The van der Waals surface area contributed by atoms with Gasteiger partial charge in [0.1, 0.15) is 0 Å². The van der Waals surface area contributed by atoms with E-state index in [-0.39, 0.29) is 0 Å². The summed E-state index contributed by atoms with van der Waals surface area (Å²) in [6, 6.07) is 0. The Balaban J connectivity index is 3.83. The number of rotatable bonds is 1. The molecule has 9 heavy (non-hydrogen) atoms. The van der Waals surface area contributed by atoms with Crippen LogP contribution in [0.15, 0.2) is 16.9 Å². The van der Waals surface area contributed by atoms with E-state index in [9.17, 15) is 0 Å². The third-order valence-corrected chi connectivity index (χ3v) is 0.745. The lowest BCUT2D eigenvalue weighted by Gasteiger charge is -1.92. The minimum atomic E-state index is 0.611. The molecular formula is C6H12N2O. The third kappa shape index (κ3) is 4.87. The van der Waals surface area contributed by atoms with Gasteiger partial charge in [0, 0.05) is 18.8 Å². The Morgan fingerprint density at radius 1 is 1.56 bits per heavy atom. The van der Waals surface area contributed by atoms with Crippen molar-refractivity contribution in [3.8, 4) is 0 Å². The average Bonchev–Trinajstić information content (AvgIpc) is 1.83. The standard InChI is InChI=1S/C6H12N2O/c1-5(7)4-8-6(2)9-3/h4H,7H2,1-3H3/b5-4+,8-6+. The molecule has 0 aromatic heterocycles. The zero-order valence-corrected chi connectivity index (χ0v) is 6.01. The molecular weight excluding hydrogens is 116 g/mol. The maximum Gasteiger partial charge on any atom is 0.184 e. The SMILES string of the molecule is CO/C(C)=N/C=C(\C)N. The fourth-order valence-corrected chi connectivity index (χ4v) is 0.245. The first-order valence-electron chi connectivity index (χ1n) is 2.67. The van der Waals surface area contributed by atoms with Gasteiger partial charge in [-0.15, -0.1) is 0 Å². The van der Waals surface area contributed by atoms with Crippen molar-refractivity contribution in [1.82, 2.24) is 0 Å². The summed E-state index contributed by atoms with van der Waals surface area (Å²) in [4.78, 5) is 3.85. The van der Waals surface area contributed by atoms with Crippen LogP contribution >= 0.6 is 0 Å². The summed E-state index contributed by atoms with van der Waals surface area (Å²) < 4.78 is 4.75. The molecule has 0 radical (unpaired) electrons. The van der Waals surface area contributed by atoms with E-state index in [1.54, 1.807) is 27.2 Å². The summed E-state index contributed by atoms with van der Waals surface area (Å²) in [6.45, 7) is 3.53. The lowest BCUT2D eigenvalue weighted by atomic mass is 10.6. The summed E-state index contributed by atoms with van der Waals surface area (Å²) in [5.41, 5.74) is 5.97. The van der Waals surface area contributed by atoms with Crippen LogP contribution in [0.25, 0.3) is 0 Å². The van der Waals surface area contributed by atoms with Gasteiger partial charge in [0.25, 0.3) is 0 Å². The van der Waals surface area contributed by atoms with Crippen LogP contribution in [-0.4, -0.2) is 13.0 Å². The van der Waals surface area contributed by atoms with Gasteiger partial charge in [-0.25, -0.2) is 4.99 Å². The van der Waals surface area contributed by atoms with Gasteiger partial charge >= 0.3 is 0 Å². The van der Waals surface area contributed by atoms with Gasteiger partial charge < -0.3 is 10.5 Å². The first-order chi connectivity index (χ1) is 4.16. The van der Waals surface area contributed by atoms with Gasteiger partial charge in [0.05, 0.1) is 7.11 Å². The normalized spacial score (nSPS) is 13.7. The lowest BCUT2D eigenvalue weighted by Crippen LogP contribution is -1.94. The van der Waals surface area contributed by atoms with E-state index in [0.717, 1.165) is 0 Å². The first-order valence-corrected chi connectivity index (χ1v) is 2.67. The Morgan fingerprint density at radius 2 is 2.11 bits per heavy atom. The molecule has 0 fully saturated rings. The minimum Gasteiger partial charge on any atom is -0.484 e. The second-order valence-corrected chi connectivity index (χ2v) is 1.73. The monoisotopic (exact) mass is 128 g/mol. The van der Waals surface area contributed by atoms with Crippen LogP contribution in [0.5, 0.6) is 0 Å².